The molecule has 0 bridgehead atoms. The van der Waals surface area contributed by atoms with E-state index in [1.807, 2.05) is 6.07 Å². The molecule has 0 saturated heterocycles. The topological polar surface area (TPSA) is 44.0 Å². The first kappa shape index (κ1) is 9.17. The molecule has 2 atom stereocenters. The zero-order valence-electron chi connectivity index (χ0n) is 7.57. The highest BCUT2D eigenvalue weighted by molar-refractivity contribution is 5.37. The van der Waals surface area contributed by atoms with E-state index in [1.165, 1.54) is 6.07 Å². The fourth-order valence-electron chi connectivity index (χ4n) is 1.72. The summed E-state index contributed by atoms with van der Waals surface area (Å²) >= 11 is 0. The van der Waals surface area contributed by atoms with Crippen molar-refractivity contribution in [3.63, 3.8) is 0 Å². The molecule has 1 aromatic carbocycles. The van der Waals surface area contributed by atoms with Gasteiger partial charge in [-0.2, -0.15) is 5.26 Å². The molecular weight excluding hydrogens is 181 g/mol. The third-order valence-corrected chi connectivity index (χ3v) is 2.70. The molecule has 72 valence electrons. The lowest BCUT2D eigenvalue weighted by atomic mass is 10.1. The van der Waals surface area contributed by atoms with E-state index in [1.54, 1.807) is 12.1 Å². The van der Waals surface area contributed by atoms with Crippen LogP contribution in [0.1, 0.15) is 23.5 Å². The Morgan fingerprint density at radius 2 is 2.36 bits per heavy atom. The Kier molecular flexibility index (Phi) is 2.22. The van der Waals surface area contributed by atoms with E-state index in [4.69, 9.17) is 10.4 Å². The van der Waals surface area contributed by atoms with Crippen LogP contribution in [0.3, 0.4) is 0 Å². The van der Waals surface area contributed by atoms with Gasteiger partial charge in [-0.1, -0.05) is 6.07 Å². The summed E-state index contributed by atoms with van der Waals surface area (Å²) < 4.78 is 13.0. The highest BCUT2D eigenvalue weighted by Crippen LogP contribution is 2.47. The van der Waals surface area contributed by atoms with Gasteiger partial charge in [0.1, 0.15) is 11.9 Å². The van der Waals surface area contributed by atoms with Crippen LogP contribution in [-0.2, 0) is 0 Å². The Morgan fingerprint density at radius 1 is 1.57 bits per heavy atom. The smallest absolute Gasteiger partial charge is 0.140 e. The van der Waals surface area contributed by atoms with Gasteiger partial charge in [-0.25, -0.2) is 4.39 Å². The number of nitrogens with zero attached hydrogens (tertiary/aromatic N) is 1. The van der Waals surface area contributed by atoms with Gasteiger partial charge in [0.05, 0.1) is 5.56 Å². The van der Waals surface area contributed by atoms with Crippen LogP contribution in [0.4, 0.5) is 4.39 Å². The Labute approximate surface area is 81.6 Å². The van der Waals surface area contributed by atoms with Crippen LogP contribution in [0.5, 0.6) is 0 Å². The van der Waals surface area contributed by atoms with Crippen molar-refractivity contribution in [2.45, 2.75) is 12.3 Å². The lowest BCUT2D eigenvalue weighted by Crippen LogP contribution is -1.91. The molecule has 0 amide bonds. The van der Waals surface area contributed by atoms with Crippen molar-refractivity contribution in [3.05, 3.63) is 35.1 Å². The van der Waals surface area contributed by atoms with Crippen molar-refractivity contribution in [3.8, 4) is 6.07 Å². The number of aliphatic hydroxyl groups excluding tert-OH is 1. The number of rotatable bonds is 2. The first-order valence-corrected chi connectivity index (χ1v) is 4.56. The molecule has 2 unspecified atom stereocenters. The normalized spacial score (nSPS) is 24.4. The number of aliphatic hydroxyl groups is 1. The zero-order valence-corrected chi connectivity index (χ0v) is 7.57. The van der Waals surface area contributed by atoms with E-state index in [-0.39, 0.29) is 12.2 Å². The van der Waals surface area contributed by atoms with Crippen LogP contribution >= 0.6 is 0 Å². The summed E-state index contributed by atoms with van der Waals surface area (Å²) in [5.74, 6) is 0.136. The highest BCUT2D eigenvalue weighted by Gasteiger charge is 2.37. The lowest BCUT2D eigenvalue weighted by molar-refractivity contribution is 0.274. The van der Waals surface area contributed by atoms with Crippen LogP contribution in [0.2, 0.25) is 0 Å². The van der Waals surface area contributed by atoms with Gasteiger partial charge in [0.2, 0.25) is 0 Å². The summed E-state index contributed by atoms with van der Waals surface area (Å²) in [6.07, 6.45) is 0.938. The number of benzene rings is 1. The van der Waals surface area contributed by atoms with Crippen LogP contribution in [-0.4, -0.2) is 11.7 Å². The molecule has 1 aliphatic carbocycles. The summed E-state index contributed by atoms with van der Waals surface area (Å²) in [5, 5.41) is 17.5. The first-order valence-electron chi connectivity index (χ1n) is 4.56. The van der Waals surface area contributed by atoms with E-state index in [0.717, 1.165) is 12.0 Å². The molecule has 1 fully saturated rings. The second kappa shape index (κ2) is 3.39. The van der Waals surface area contributed by atoms with Crippen LogP contribution in [0.15, 0.2) is 18.2 Å². The number of hydrogen-bond donors (Lipinski definition) is 1. The molecule has 0 spiro atoms. The van der Waals surface area contributed by atoms with Crippen molar-refractivity contribution < 1.29 is 9.50 Å². The quantitative estimate of drug-likeness (QED) is 0.774. The second-order valence-electron chi connectivity index (χ2n) is 3.64. The third kappa shape index (κ3) is 1.49. The molecule has 0 heterocycles. The molecule has 1 N–H and O–H groups in total. The molecular formula is C11H10FNO. The summed E-state index contributed by atoms with van der Waals surface area (Å²) in [4.78, 5) is 0. The van der Waals surface area contributed by atoms with Gasteiger partial charge >= 0.3 is 0 Å². The standard InChI is InChI=1S/C11H10FNO/c12-11-2-1-7(3-8(11)5-13)10-4-9(10)6-14/h1-3,9-10,14H,4,6H2. The van der Waals surface area contributed by atoms with Crippen molar-refractivity contribution in [1.29, 1.82) is 5.26 Å². The number of halogens is 1. The van der Waals surface area contributed by atoms with Gasteiger partial charge < -0.3 is 5.11 Å². The molecule has 3 heteroatoms. The van der Waals surface area contributed by atoms with Crippen molar-refractivity contribution in [1.82, 2.24) is 0 Å². The average molecular weight is 191 g/mol. The van der Waals surface area contributed by atoms with E-state index < -0.39 is 5.82 Å². The SMILES string of the molecule is N#Cc1cc(C2CC2CO)ccc1F. The predicted octanol–water partition coefficient (Wildman–Crippen LogP) is 1.79. The van der Waals surface area contributed by atoms with E-state index in [0.29, 0.717) is 11.8 Å². The minimum absolute atomic E-state index is 0.0890. The summed E-state index contributed by atoms with van der Waals surface area (Å²) in [6.45, 7) is 0.171. The average Bonchev–Trinajstić information content (AvgIpc) is 2.98. The molecule has 1 aromatic rings. The monoisotopic (exact) mass is 191 g/mol. The molecule has 0 radical (unpaired) electrons. The zero-order chi connectivity index (χ0) is 10.1. The second-order valence-corrected chi connectivity index (χ2v) is 3.64. The van der Waals surface area contributed by atoms with Gasteiger partial charge in [-0.15, -0.1) is 0 Å². The fraction of sp³-hybridized carbons (Fsp3) is 0.364. The van der Waals surface area contributed by atoms with Gasteiger partial charge in [-0.3, -0.25) is 0 Å². The van der Waals surface area contributed by atoms with Gasteiger partial charge in [0.15, 0.2) is 0 Å². The van der Waals surface area contributed by atoms with Gasteiger partial charge in [0.25, 0.3) is 0 Å². The van der Waals surface area contributed by atoms with E-state index in [2.05, 4.69) is 0 Å². The van der Waals surface area contributed by atoms with Gasteiger partial charge in [0, 0.05) is 6.61 Å². The molecule has 0 aliphatic heterocycles. The molecule has 0 aromatic heterocycles. The Hall–Kier alpha value is -1.40. The fourth-order valence-corrected chi connectivity index (χ4v) is 1.72. The molecule has 2 nitrogen and oxygen atoms in total. The molecule has 1 aliphatic rings. The predicted molar refractivity (Wildman–Crippen MR) is 49.0 cm³/mol. The Bertz CT molecular complexity index is 397. The Balaban J connectivity index is 2.25. The van der Waals surface area contributed by atoms with E-state index >= 15 is 0 Å². The molecule has 14 heavy (non-hydrogen) atoms. The van der Waals surface area contributed by atoms with E-state index in [9.17, 15) is 4.39 Å². The maximum absolute atomic E-state index is 13.0. The summed E-state index contributed by atoms with van der Waals surface area (Å²) in [7, 11) is 0. The third-order valence-electron chi connectivity index (χ3n) is 2.70. The maximum Gasteiger partial charge on any atom is 0.140 e. The van der Waals surface area contributed by atoms with Crippen LogP contribution < -0.4 is 0 Å². The minimum Gasteiger partial charge on any atom is -0.396 e. The first-order chi connectivity index (χ1) is 6.76. The van der Waals surface area contributed by atoms with Crippen molar-refractivity contribution in [2.75, 3.05) is 6.61 Å². The van der Waals surface area contributed by atoms with Crippen molar-refractivity contribution in [2.24, 2.45) is 5.92 Å². The minimum atomic E-state index is -0.475. The summed E-state index contributed by atoms with van der Waals surface area (Å²) in [5.41, 5.74) is 1.05. The largest absolute Gasteiger partial charge is 0.396 e. The highest BCUT2D eigenvalue weighted by atomic mass is 19.1. The number of nitriles is 1. The summed E-state index contributed by atoms with van der Waals surface area (Å²) in [6, 6.07) is 6.40. The Morgan fingerprint density at radius 3 is 2.93 bits per heavy atom. The molecule has 2 rings (SSSR count). The molecule has 1 saturated carbocycles. The number of hydrogen-bond acceptors (Lipinski definition) is 2. The maximum atomic E-state index is 13.0. The van der Waals surface area contributed by atoms with Crippen LogP contribution in [0, 0.1) is 23.1 Å². The van der Waals surface area contributed by atoms with Gasteiger partial charge in [-0.05, 0) is 36.0 Å². The lowest BCUT2D eigenvalue weighted by Gasteiger charge is -2.00. The van der Waals surface area contributed by atoms with Crippen molar-refractivity contribution >= 4 is 0 Å². The van der Waals surface area contributed by atoms with Crippen LogP contribution in [0.25, 0.3) is 0 Å².